The van der Waals surface area contributed by atoms with Crippen LogP contribution in [0.4, 0.5) is 5.69 Å². The summed E-state index contributed by atoms with van der Waals surface area (Å²) < 4.78 is 19.3. The molecule has 2 aliphatic rings. The van der Waals surface area contributed by atoms with Crippen molar-refractivity contribution in [1.29, 1.82) is 0 Å². The zero-order valence-corrected chi connectivity index (χ0v) is 17.0. The van der Waals surface area contributed by atoms with Gasteiger partial charge in [-0.2, -0.15) is 0 Å². The summed E-state index contributed by atoms with van der Waals surface area (Å²) in [4.78, 5) is 10.3. The molecule has 1 aromatic carbocycles. The summed E-state index contributed by atoms with van der Waals surface area (Å²) in [6.45, 7) is 0.220. The number of hydrogen-bond donors (Lipinski definition) is 1. The van der Waals surface area contributed by atoms with Crippen LogP contribution in [0.3, 0.4) is 0 Å². The lowest BCUT2D eigenvalue weighted by Gasteiger charge is -2.24. The van der Waals surface area contributed by atoms with Crippen LogP contribution < -0.4 is 4.67 Å². The smallest absolute Gasteiger partial charge is 0.308 e. The van der Waals surface area contributed by atoms with Crippen molar-refractivity contribution in [2.45, 2.75) is 44.9 Å². The predicted molar refractivity (Wildman–Crippen MR) is 112 cm³/mol. The number of para-hydroxylation sites is 1. The number of nitrogens with zero attached hydrogens (tertiary/aromatic N) is 1. The molecule has 2 unspecified atom stereocenters. The van der Waals surface area contributed by atoms with Crippen LogP contribution in [0.15, 0.2) is 65.8 Å². The zero-order valence-electron chi connectivity index (χ0n) is 16.1. The number of fused-ring (bicyclic) bond motifs is 2. The van der Waals surface area contributed by atoms with E-state index in [9.17, 15) is 9.46 Å². The van der Waals surface area contributed by atoms with Crippen LogP contribution in [-0.2, 0) is 9.09 Å². The highest BCUT2D eigenvalue weighted by atomic mass is 31.2. The van der Waals surface area contributed by atoms with E-state index in [4.69, 9.17) is 4.52 Å². The molecule has 1 N–H and O–H groups in total. The highest BCUT2D eigenvalue weighted by molar-refractivity contribution is 7.54. The van der Waals surface area contributed by atoms with Crippen molar-refractivity contribution < 1.29 is 14.0 Å². The van der Waals surface area contributed by atoms with Crippen LogP contribution in [0, 0.1) is 5.92 Å². The Bertz CT molecular complexity index is 754. The van der Waals surface area contributed by atoms with Crippen molar-refractivity contribution in [2.75, 3.05) is 18.3 Å². The molecule has 0 heterocycles. The zero-order chi connectivity index (χ0) is 19.1. The molecule has 0 amide bonds. The molecule has 0 radical (unpaired) electrons. The first-order chi connectivity index (χ1) is 13.0. The van der Waals surface area contributed by atoms with Crippen LogP contribution in [0.5, 0.6) is 0 Å². The van der Waals surface area contributed by atoms with Gasteiger partial charge in [-0.1, -0.05) is 60.9 Å². The highest BCUT2D eigenvalue weighted by Crippen LogP contribution is 2.48. The average molecular weight is 387 g/mol. The number of anilines is 1. The Labute approximate surface area is 162 Å². The van der Waals surface area contributed by atoms with E-state index in [0.717, 1.165) is 12.8 Å². The molecule has 3 rings (SSSR count). The maximum absolute atomic E-state index is 12.5. The van der Waals surface area contributed by atoms with Gasteiger partial charge in [0, 0.05) is 12.7 Å². The van der Waals surface area contributed by atoms with Gasteiger partial charge < -0.3 is 4.89 Å². The predicted octanol–water partition coefficient (Wildman–Crippen LogP) is 6.02. The summed E-state index contributed by atoms with van der Waals surface area (Å²) in [6, 6.07) is 9.15. The first kappa shape index (κ1) is 20.1. The third-order valence-corrected chi connectivity index (χ3v) is 6.85. The van der Waals surface area contributed by atoms with Crippen LogP contribution in [0.1, 0.15) is 44.9 Å². The maximum atomic E-state index is 12.5. The number of rotatable bonds is 6. The van der Waals surface area contributed by atoms with Crippen molar-refractivity contribution in [1.82, 2.24) is 0 Å². The Morgan fingerprint density at radius 2 is 2.04 bits per heavy atom. The molecule has 27 heavy (non-hydrogen) atoms. The molecule has 2 atom stereocenters. The van der Waals surface area contributed by atoms with Crippen LogP contribution in [0.2, 0.25) is 0 Å². The van der Waals surface area contributed by atoms with Crippen molar-refractivity contribution in [3.05, 3.63) is 65.8 Å². The Morgan fingerprint density at radius 1 is 1.22 bits per heavy atom. The standard InChI is InChI=1S/C22H30NO3P/c1-23(22-13-6-3-7-14-22)27(24,25)26-16-15-20-12-8-11-19-9-4-2-5-10-21(17-19)18-20/h3,6-8,11-14,18-19H,2,4-5,9-10,15-17H2,1H3,(H,24,25)/b11-8-,20-12+,21-18-. The van der Waals surface area contributed by atoms with Crippen LogP contribution in [0.25, 0.3) is 0 Å². The lowest BCUT2D eigenvalue weighted by atomic mass is 9.85. The highest BCUT2D eigenvalue weighted by Gasteiger charge is 2.26. The van der Waals surface area contributed by atoms with Gasteiger partial charge >= 0.3 is 7.75 Å². The molecule has 2 bridgehead atoms. The molecule has 0 aromatic heterocycles. The molecule has 1 aromatic rings. The van der Waals surface area contributed by atoms with E-state index < -0.39 is 7.75 Å². The Morgan fingerprint density at radius 3 is 2.85 bits per heavy atom. The molecule has 146 valence electrons. The van der Waals surface area contributed by atoms with Crippen LogP contribution >= 0.6 is 7.75 Å². The van der Waals surface area contributed by atoms with Gasteiger partial charge in [0.2, 0.25) is 0 Å². The molecule has 5 heteroatoms. The Balaban J connectivity index is 1.60. The van der Waals surface area contributed by atoms with Gasteiger partial charge in [0.15, 0.2) is 0 Å². The number of allylic oxidation sites excluding steroid dienone is 5. The second-order valence-corrected chi connectivity index (χ2v) is 9.26. The molecule has 1 saturated carbocycles. The van der Waals surface area contributed by atoms with Crippen molar-refractivity contribution in [2.24, 2.45) is 5.92 Å². The summed E-state index contributed by atoms with van der Waals surface area (Å²) in [7, 11) is -2.27. The van der Waals surface area contributed by atoms with Gasteiger partial charge in [0.25, 0.3) is 0 Å². The summed E-state index contributed by atoms with van der Waals surface area (Å²) in [6.07, 6.45) is 17.0. The lowest BCUT2D eigenvalue weighted by Crippen LogP contribution is -2.15. The number of hydrogen-bond acceptors (Lipinski definition) is 2. The topological polar surface area (TPSA) is 49.8 Å². The summed E-state index contributed by atoms with van der Waals surface area (Å²) in [5, 5.41) is 0. The fourth-order valence-electron chi connectivity index (χ4n) is 3.73. The van der Waals surface area contributed by atoms with Gasteiger partial charge in [0.1, 0.15) is 0 Å². The minimum Gasteiger partial charge on any atom is -0.308 e. The van der Waals surface area contributed by atoms with E-state index in [1.165, 1.54) is 41.5 Å². The summed E-state index contributed by atoms with van der Waals surface area (Å²) in [5.74, 6) is 0.655. The van der Waals surface area contributed by atoms with Gasteiger partial charge in [-0.05, 0) is 55.7 Å². The molecule has 1 fully saturated rings. The largest absolute Gasteiger partial charge is 0.432 e. The third kappa shape index (κ3) is 5.93. The van der Waals surface area contributed by atoms with E-state index in [1.54, 1.807) is 19.2 Å². The average Bonchev–Trinajstić information content (AvgIpc) is 2.62. The van der Waals surface area contributed by atoms with Crippen molar-refractivity contribution >= 4 is 13.4 Å². The van der Waals surface area contributed by atoms with Crippen molar-refractivity contribution in [3.8, 4) is 0 Å². The minimum absolute atomic E-state index is 0.220. The second-order valence-electron chi connectivity index (χ2n) is 7.43. The fraction of sp³-hybridized carbons (Fsp3) is 0.455. The maximum Gasteiger partial charge on any atom is 0.432 e. The minimum atomic E-state index is -3.86. The van der Waals surface area contributed by atoms with E-state index in [-0.39, 0.29) is 6.61 Å². The molecular formula is C22H30NO3P. The molecular weight excluding hydrogens is 357 g/mol. The molecule has 0 saturated heterocycles. The summed E-state index contributed by atoms with van der Waals surface area (Å²) >= 11 is 0. The molecule has 0 spiro atoms. The van der Waals surface area contributed by atoms with E-state index in [2.05, 4.69) is 24.3 Å². The normalized spacial score (nSPS) is 27.4. The van der Waals surface area contributed by atoms with E-state index in [1.807, 2.05) is 18.2 Å². The SMILES string of the molecule is CN(c1ccccc1)P(=O)(O)OCCC1=C\C=C/C2CCCCC\C(=C\1)C2. The first-order valence-corrected chi connectivity index (χ1v) is 11.4. The van der Waals surface area contributed by atoms with Gasteiger partial charge in [-0.25, -0.2) is 4.57 Å². The molecule has 2 aliphatic carbocycles. The Hall–Kier alpha value is -1.61. The van der Waals surface area contributed by atoms with Crippen molar-refractivity contribution in [3.63, 3.8) is 0 Å². The summed E-state index contributed by atoms with van der Waals surface area (Å²) in [5.41, 5.74) is 3.34. The molecule has 4 nitrogen and oxygen atoms in total. The quantitative estimate of drug-likeness (QED) is 0.606. The second kappa shape index (κ2) is 9.54. The van der Waals surface area contributed by atoms with Gasteiger partial charge in [0.05, 0.1) is 6.61 Å². The van der Waals surface area contributed by atoms with E-state index >= 15 is 0 Å². The fourth-order valence-corrected chi connectivity index (χ4v) is 4.66. The lowest BCUT2D eigenvalue weighted by molar-refractivity contribution is 0.262. The first-order valence-electron chi connectivity index (χ1n) is 9.88. The Kier molecular flexibility index (Phi) is 7.12. The number of benzene rings is 1. The van der Waals surface area contributed by atoms with E-state index in [0.29, 0.717) is 18.0 Å². The van der Waals surface area contributed by atoms with Gasteiger partial charge in [-0.15, -0.1) is 0 Å². The third-order valence-electron chi connectivity index (χ3n) is 5.34. The molecule has 0 aliphatic heterocycles. The van der Waals surface area contributed by atoms with Gasteiger partial charge in [-0.3, -0.25) is 9.19 Å². The monoisotopic (exact) mass is 387 g/mol. The van der Waals surface area contributed by atoms with Crippen LogP contribution in [-0.4, -0.2) is 18.5 Å².